The van der Waals surface area contributed by atoms with Crippen molar-refractivity contribution >= 4 is 22.7 Å². The van der Waals surface area contributed by atoms with Crippen molar-refractivity contribution < 1.29 is 9.53 Å². The molecule has 0 bridgehead atoms. The van der Waals surface area contributed by atoms with E-state index in [4.69, 9.17) is 9.72 Å². The molecule has 0 unspecified atom stereocenters. The van der Waals surface area contributed by atoms with Gasteiger partial charge in [-0.3, -0.25) is 9.97 Å². The second kappa shape index (κ2) is 10.6. The van der Waals surface area contributed by atoms with Crippen LogP contribution in [0.1, 0.15) is 56.6 Å². The van der Waals surface area contributed by atoms with Gasteiger partial charge in [0.2, 0.25) is 0 Å². The van der Waals surface area contributed by atoms with Gasteiger partial charge in [0.25, 0.3) is 0 Å². The Kier molecular flexibility index (Phi) is 7.22. The summed E-state index contributed by atoms with van der Waals surface area (Å²) in [5.41, 5.74) is 5.18. The van der Waals surface area contributed by atoms with Crippen molar-refractivity contribution in [3.05, 3.63) is 65.1 Å². The first-order valence-corrected chi connectivity index (χ1v) is 13.4. The van der Waals surface area contributed by atoms with Crippen LogP contribution in [0.2, 0.25) is 0 Å². The van der Waals surface area contributed by atoms with E-state index in [0.717, 1.165) is 59.5 Å². The van der Waals surface area contributed by atoms with Crippen LogP contribution in [0.25, 0.3) is 10.9 Å². The molecule has 0 aliphatic carbocycles. The van der Waals surface area contributed by atoms with Gasteiger partial charge in [-0.15, -0.1) is 0 Å². The van der Waals surface area contributed by atoms with E-state index >= 15 is 0 Å². The number of hydrogen-bond acceptors (Lipinski definition) is 7. The zero-order chi connectivity index (χ0) is 26.9. The van der Waals surface area contributed by atoms with E-state index < -0.39 is 5.60 Å². The highest BCUT2D eigenvalue weighted by atomic mass is 16.6. The lowest BCUT2D eigenvalue weighted by Crippen LogP contribution is -2.48. The molecule has 1 fully saturated rings. The Balaban J connectivity index is 1.24. The molecule has 0 saturated carbocycles. The van der Waals surface area contributed by atoms with Crippen LogP contribution in [-0.2, 0) is 24.2 Å². The summed E-state index contributed by atoms with van der Waals surface area (Å²) in [6.07, 6.45) is 3.31. The molecule has 8 nitrogen and oxygen atoms in total. The number of amides is 1. The fraction of sp³-hybridized carbons (Fsp3) is 0.467. The normalized spacial score (nSPS) is 19.7. The number of nitriles is 1. The number of hydrogen-bond donors (Lipinski definition) is 1. The minimum atomic E-state index is -0.499. The first-order valence-electron chi connectivity index (χ1n) is 13.4. The molecule has 4 heterocycles. The molecule has 1 amide bonds. The van der Waals surface area contributed by atoms with Crippen LogP contribution in [0, 0.1) is 17.2 Å². The van der Waals surface area contributed by atoms with Crippen LogP contribution in [0.3, 0.4) is 0 Å². The fourth-order valence-electron chi connectivity index (χ4n) is 5.51. The number of nitrogens with zero attached hydrogens (tertiary/aromatic N) is 5. The van der Waals surface area contributed by atoms with Gasteiger partial charge >= 0.3 is 6.09 Å². The van der Waals surface area contributed by atoms with Crippen molar-refractivity contribution in [2.24, 2.45) is 5.92 Å². The Morgan fingerprint density at radius 2 is 2.05 bits per heavy atom. The second-order valence-electron chi connectivity index (χ2n) is 11.5. The maximum atomic E-state index is 12.5. The van der Waals surface area contributed by atoms with Gasteiger partial charge in [0.05, 0.1) is 23.3 Å². The first-order chi connectivity index (χ1) is 18.2. The van der Waals surface area contributed by atoms with Gasteiger partial charge in [-0.25, -0.2) is 4.79 Å². The van der Waals surface area contributed by atoms with E-state index in [1.807, 2.05) is 32.9 Å². The number of carbonyl (C=O) groups is 1. The molecule has 198 valence electrons. The number of carbonyl (C=O) groups excluding carboxylic acids is 1. The van der Waals surface area contributed by atoms with Gasteiger partial charge in [-0.1, -0.05) is 13.0 Å². The molecule has 1 saturated heterocycles. The smallest absolute Gasteiger partial charge is 0.410 e. The summed E-state index contributed by atoms with van der Waals surface area (Å²) in [6.45, 7) is 11.7. The number of pyridine rings is 2. The molecular weight excluding hydrogens is 476 g/mol. The maximum absolute atomic E-state index is 12.5. The van der Waals surface area contributed by atoms with E-state index in [2.05, 4.69) is 52.5 Å². The van der Waals surface area contributed by atoms with Crippen molar-refractivity contribution in [2.45, 2.75) is 65.3 Å². The third kappa shape index (κ3) is 5.73. The average molecular weight is 513 g/mol. The summed E-state index contributed by atoms with van der Waals surface area (Å²) in [4.78, 5) is 26.1. The van der Waals surface area contributed by atoms with Crippen LogP contribution in [-0.4, -0.2) is 52.2 Å². The third-order valence-corrected chi connectivity index (χ3v) is 7.20. The van der Waals surface area contributed by atoms with Crippen molar-refractivity contribution in [1.29, 1.82) is 5.26 Å². The van der Waals surface area contributed by atoms with Gasteiger partial charge in [-0.05, 0) is 69.0 Å². The molecular formula is C30H36N6O2. The molecule has 2 atom stereocenters. The zero-order valence-corrected chi connectivity index (χ0v) is 22.7. The van der Waals surface area contributed by atoms with E-state index in [1.165, 1.54) is 0 Å². The van der Waals surface area contributed by atoms with Gasteiger partial charge in [-0.2, -0.15) is 5.26 Å². The lowest BCUT2D eigenvalue weighted by atomic mass is 9.94. The quantitative estimate of drug-likeness (QED) is 0.537. The average Bonchev–Trinajstić information content (AvgIpc) is 2.89. The predicted octanol–water partition coefficient (Wildman–Crippen LogP) is 4.80. The molecule has 2 aliphatic heterocycles. The molecule has 1 aromatic carbocycles. The minimum absolute atomic E-state index is 0.268. The predicted molar refractivity (Wildman–Crippen MR) is 148 cm³/mol. The zero-order valence-electron chi connectivity index (χ0n) is 22.7. The first kappa shape index (κ1) is 25.9. The molecule has 1 N–H and O–H groups in total. The minimum Gasteiger partial charge on any atom is -0.444 e. The van der Waals surface area contributed by atoms with Gasteiger partial charge in [0, 0.05) is 61.6 Å². The monoisotopic (exact) mass is 512 g/mol. The number of rotatable bonds is 4. The van der Waals surface area contributed by atoms with Crippen LogP contribution < -0.4 is 10.2 Å². The Bertz CT molecular complexity index is 1380. The number of nitrogens with one attached hydrogen (secondary N) is 1. The number of fused-ring (bicyclic) bond motifs is 2. The summed E-state index contributed by atoms with van der Waals surface area (Å²) < 4.78 is 5.54. The number of aromatic nitrogens is 2. The Morgan fingerprint density at radius 1 is 1.21 bits per heavy atom. The molecule has 3 aromatic rings. The Hall–Kier alpha value is -3.70. The van der Waals surface area contributed by atoms with E-state index in [1.54, 1.807) is 11.1 Å². The van der Waals surface area contributed by atoms with E-state index in [0.29, 0.717) is 37.2 Å². The highest BCUT2D eigenvalue weighted by Gasteiger charge is 2.28. The van der Waals surface area contributed by atoms with Crippen molar-refractivity contribution in [3.8, 4) is 6.07 Å². The summed E-state index contributed by atoms with van der Waals surface area (Å²) in [5, 5.41) is 14.3. The van der Waals surface area contributed by atoms with E-state index in [9.17, 15) is 10.1 Å². The SMILES string of the molecule is C[C@H]1C[C@@H](NCc2ccc3c(n2)CCN(C(=O)OC(C)(C)C)C3)CN(c2ccc(C#N)c3ncccc23)C1. The van der Waals surface area contributed by atoms with Gasteiger partial charge in [0.15, 0.2) is 0 Å². The second-order valence-corrected chi connectivity index (χ2v) is 11.5. The summed E-state index contributed by atoms with van der Waals surface area (Å²) in [6, 6.07) is 14.7. The molecule has 38 heavy (non-hydrogen) atoms. The van der Waals surface area contributed by atoms with Crippen LogP contribution in [0.4, 0.5) is 10.5 Å². The van der Waals surface area contributed by atoms with Crippen LogP contribution >= 0.6 is 0 Å². The fourth-order valence-corrected chi connectivity index (χ4v) is 5.51. The molecule has 2 aliphatic rings. The van der Waals surface area contributed by atoms with Crippen LogP contribution in [0.5, 0.6) is 0 Å². The number of piperidine rings is 1. The number of anilines is 1. The van der Waals surface area contributed by atoms with Gasteiger partial charge in [0.1, 0.15) is 11.7 Å². The largest absolute Gasteiger partial charge is 0.444 e. The number of benzene rings is 1. The topological polar surface area (TPSA) is 94.4 Å². The Labute approximate surface area is 224 Å². The Morgan fingerprint density at radius 3 is 2.84 bits per heavy atom. The highest BCUT2D eigenvalue weighted by Crippen LogP contribution is 2.31. The molecule has 5 rings (SSSR count). The summed E-state index contributed by atoms with van der Waals surface area (Å²) in [7, 11) is 0. The third-order valence-electron chi connectivity index (χ3n) is 7.20. The van der Waals surface area contributed by atoms with Crippen LogP contribution in [0.15, 0.2) is 42.6 Å². The highest BCUT2D eigenvalue weighted by molar-refractivity contribution is 5.95. The lowest BCUT2D eigenvalue weighted by Gasteiger charge is -2.39. The molecule has 8 heteroatoms. The van der Waals surface area contributed by atoms with Crippen molar-refractivity contribution in [1.82, 2.24) is 20.2 Å². The van der Waals surface area contributed by atoms with Gasteiger partial charge < -0.3 is 19.9 Å². The molecule has 2 aromatic heterocycles. The standard InChI is InChI=1S/C30H36N6O2/c1-20-14-24(19-36(17-20)27-10-8-21(15-31)28-25(27)6-5-12-32-28)33-16-23-9-7-22-18-35(13-11-26(22)34-23)29(37)38-30(2,3)4/h5-10,12,20,24,33H,11,13-14,16-19H2,1-4H3/t20-,24+/m0/s1. The molecule has 0 radical (unpaired) electrons. The van der Waals surface area contributed by atoms with Crippen molar-refractivity contribution in [2.75, 3.05) is 24.5 Å². The van der Waals surface area contributed by atoms with Crippen molar-refractivity contribution in [3.63, 3.8) is 0 Å². The summed E-state index contributed by atoms with van der Waals surface area (Å²) in [5.74, 6) is 0.527. The summed E-state index contributed by atoms with van der Waals surface area (Å²) >= 11 is 0. The lowest BCUT2D eigenvalue weighted by molar-refractivity contribution is 0.0222. The molecule has 0 spiro atoms. The maximum Gasteiger partial charge on any atom is 0.410 e. The van der Waals surface area contributed by atoms with E-state index in [-0.39, 0.29) is 6.09 Å². The number of ether oxygens (including phenoxy) is 1.